The normalized spacial score (nSPS) is 29.2. The Balaban J connectivity index is 1.89. The maximum absolute atomic E-state index is 10.9. The van der Waals surface area contributed by atoms with Crippen molar-refractivity contribution in [1.82, 2.24) is 19.5 Å². The lowest BCUT2D eigenvalue weighted by atomic mass is 10.1. The molecule has 0 bridgehead atoms. The van der Waals surface area contributed by atoms with E-state index in [2.05, 4.69) is 19.5 Å². The molecule has 13 heteroatoms. The SMILES string of the molecule is C[C@H](OP(=O)(O)O)[C@H]1O[C@@H](n2cnc3c(N)ncnc32)[C@H](O)[C@@H]1O. The second-order valence-corrected chi connectivity index (χ2v) is 6.55. The van der Waals surface area contributed by atoms with E-state index in [-0.39, 0.29) is 11.5 Å². The van der Waals surface area contributed by atoms with Gasteiger partial charge in [-0.15, -0.1) is 0 Å². The van der Waals surface area contributed by atoms with Crippen molar-refractivity contribution in [2.45, 2.75) is 37.6 Å². The quantitative estimate of drug-likeness (QED) is 0.400. The number of rotatable bonds is 4. The number of aliphatic hydroxyl groups is 2. The third-order valence-electron chi connectivity index (χ3n) is 3.70. The Bertz CT molecular complexity index is 794. The predicted molar refractivity (Wildman–Crippen MR) is 78.3 cm³/mol. The molecule has 0 saturated carbocycles. The fourth-order valence-corrected chi connectivity index (χ4v) is 3.19. The van der Waals surface area contributed by atoms with Gasteiger partial charge >= 0.3 is 7.82 Å². The van der Waals surface area contributed by atoms with Crippen LogP contribution in [0.4, 0.5) is 5.82 Å². The van der Waals surface area contributed by atoms with Crippen LogP contribution < -0.4 is 5.73 Å². The molecular weight excluding hydrogens is 345 g/mol. The summed E-state index contributed by atoms with van der Waals surface area (Å²) in [5.41, 5.74) is 6.27. The van der Waals surface area contributed by atoms with Gasteiger partial charge in [-0.25, -0.2) is 19.5 Å². The molecule has 1 saturated heterocycles. The molecule has 1 aliphatic rings. The number of nitrogens with zero attached hydrogens (tertiary/aromatic N) is 4. The van der Waals surface area contributed by atoms with Crippen LogP contribution in [-0.2, 0) is 13.8 Å². The number of nitrogen functional groups attached to an aromatic ring is 1. The van der Waals surface area contributed by atoms with Crippen molar-refractivity contribution in [2.75, 3.05) is 5.73 Å². The third-order valence-corrected chi connectivity index (χ3v) is 4.31. The fraction of sp³-hybridized carbons (Fsp3) is 0.545. The highest BCUT2D eigenvalue weighted by molar-refractivity contribution is 7.46. The number of imidazole rings is 1. The van der Waals surface area contributed by atoms with Gasteiger partial charge in [-0.2, -0.15) is 0 Å². The number of hydrogen-bond donors (Lipinski definition) is 5. The Labute approximate surface area is 135 Å². The molecule has 5 atom stereocenters. The number of nitrogens with two attached hydrogens (primary N) is 1. The largest absolute Gasteiger partial charge is 0.469 e. The molecule has 0 aromatic carbocycles. The van der Waals surface area contributed by atoms with Crippen molar-refractivity contribution >= 4 is 24.8 Å². The van der Waals surface area contributed by atoms with Gasteiger partial charge in [0, 0.05) is 0 Å². The first-order valence-electron chi connectivity index (χ1n) is 6.87. The average Bonchev–Trinajstić information content (AvgIpc) is 3.01. The lowest BCUT2D eigenvalue weighted by molar-refractivity contribution is -0.0757. The second kappa shape index (κ2) is 6.01. The monoisotopic (exact) mass is 361 g/mol. The van der Waals surface area contributed by atoms with Crippen LogP contribution in [0.1, 0.15) is 13.2 Å². The maximum Gasteiger partial charge on any atom is 0.469 e. The van der Waals surface area contributed by atoms with E-state index >= 15 is 0 Å². The van der Waals surface area contributed by atoms with Gasteiger partial charge in [0.2, 0.25) is 0 Å². The predicted octanol–water partition coefficient (Wildman–Crippen LogP) is -1.47. The van der Waals surface area contributed by atoms with E-state index in [9.17, 15) is 14.8 Å². The number of anilines is 1. The zero-order valence-electron chi connectivity index (χ0n) is 12.4. The molecule has 3 heterocycles. The number of aromatic nitrogens is 4. The van der Waals surface area contributed by atoms with Crippen LogP contribution in [0.5, 0.6) is 0 Å². The summed E-state index contributed by atoms with van der Waals surface area (Å²) in [7, 11) is -4.78. The summed E-state index contributed by atoms with van der Waals surface area (Å²) >= 11 is 0. The van der Waals surface area contributed by atoms with Crippen LogP contribution >= 0.6 is 7.82 Å². The molecule has 6 N–H and O–H groups in total. The zero-order chi connectivity index (χ0) is 17.6. The minimum atomic E-state index is -4.78. The summed E-state index contributed by atoms with van der Waals surface area (Å²) < 4.78 is 22.3. The maximum atomic E-state index is 10.9. The van der Waals surface area contributed by atoms with Crippen LogP contribution in [0.2, 0.25) is 0 Å². The highest BCUT2D eigenvalue weighted by atomic mass is 31.2. The zero-order valence-corrected chi connectivity index (χ0v) is 13.3. The summed E-state index contributed by atoms with van der Waals surface area (Å²) in [4.78, 5) is 29.6. The molecule has 2 aromatic rings. The van der Waals surface area contributed by atoms with Crippen molar-refractivity contribution < 1.29 is 33.8 Å². The van der Waals surface area contributed by atoms with Crippen molar-refractivity contribution in [2.24, 2.45) is 0 Å². The molecule has 1 aliphatic heterocycles. The minimum Gasteiger partial charge on any atom is -0.387 e. The Morgan fingerprint density at radius 1 is 1.33 bits per heavy atom. The van der Waals surface area contributed by atoms with Gasteiger partial charge in [-0.1, -0.05) is 0 Å². The van der Waals surface area contributed by atoms with Gasteiger partial charge in [0.1, 0.15) is 30.2 Å². The molecule has 1 fully saturated rings. The topological polar surface area (TPSA) is 186 Å². The third kappa shape index (κ3) is 3.00. The van der Waals surface area contributed by atoms with E-state index in [0.717, 1.165) is 0 Å². The van der Waals surface area contributed by atoms with Gasteiger partial charge in [-0.3, -0.25) is 9.09 Å². The molecule has 0 aliphatic carbocycles. The van der Waals surface area contributed by atoms with Crippen LogP contribution in [0.3, 0.4) is 0 Å². The molecule has 24 heavy (non-hydrogen) atoms. The smallest absolute Gasteiger partial charge is 0.387 e. The van der Waals surface area contributed by atoms with E-state index in [0.29, 0.717) is 5.52 Å². The van der Waals surface area contributed by atoms with Gasteiger partial charge in [0.05, 0.1) is 12.4 Å². The molecule has 12 nitrogen and oxygen atoms in total. The van der Waals surface area contributed by atoms with Crippen molar-refractivity contribution in [3.63, 3.8) is 0 Å². The molecule has 0 unspecified atom stereocenters. The van der Waals surface area contributed by atoms with Crippen molar-refractivity contribution in [1.29, 1.82) is 0 Å². The van der Waals surface area contributed by atoms with Gasteiger partial charge < -0.3 is 30.5 Å². The molecule has 3 rings (SSSR count). The number of aliphatic hydroxyl groups excluding tert-OH is 2. The standard InChI is InChI=1S/C11H16N5O7P/c1-4(23-24(19,20)21)8-6(17)7(18)11(22-8)16-3-15-5-9(12)13-2-14-10(5)16/h2-4,6-8,11,17-18H,1H3,(H2,12,13,14)(H2,19,20,21)/t4-,6-,7+,8+,11+/m0/s1. The first kappa shape index (κ1) is 17.2. The van der Waals surface area contributed by atoms with E-state index in [1.807, 2.05) is 0 Å². The number of phosphoric ester groups is 1. The molecule has 0 spiro atoms. The second-order valence-electron chi connectivity index (χ2n) is 5.36. The van der Waals surface area contributed by atoms with Crippen LogP contribution in [0.25, 0.3) is 11.2 Å². The molecule has 132 valence electrons. The number of ether oxygens (including phenoxy) is 1. The van der Waals surface area contributed by atoms with Gasteiger partial charge in [0.15, 0.2) is 17.7 Å². The summed E-state index contributed by atoms with van der Waals surface area (Å²) in [6.45, 7) is 1.31. The van der Waals surface area contributed by atoms with E-state index in [4.69, 9.17) is 20.3 Å². The average molecular weight is 361 g/mol. The number of phosphoric acid groups is 1. The Morgan fingerprint density at radius 3 is 2.71 bits per heavy atom. The molecule has 2 aromatic heterocycles. The first-order chi connectivity index (χ1) is 11.2. The first-order valence-corrected chi connectivity index (χ1v) is 8.40. The van der Waals surface area contributed by atoms with Crippen LogP contribution in [-0.4, -0.2) is 63.9 Å². The fourth-order valence-electron chi connectivity index (χ4n) is 2.64. The number of hydrogen-bond acceptors (Lipinski definition) is 9. The lowest BCUT2D eigenvalue weighted by Gasteiger charge is -2.22. The number of fused-ring (bicyclic) bond motifs is 1. The summed E-state index contributed by atoms with van der Waals surface area (Å²) in [5.74, 6) is 0.140. The Morgan fingerprint density at radius 2 is 2.04 bits per heavy atom. The minimum absolute atomic E-state index is 0.140. The molecular formula is C11H16N5O7P. The van der Waals surface area contributed by atoms with E-state index in [1.165, 1.54) is 24.1 Å². The molecule has 0 amide bonds. The summed E-state index contributed by atoms with van der Waals surface area (Å²) in [6, 6.07) is 0. The van der Waals surface area contributed by atoms with E-state index < -0.39 is 38.5 Å². The Hall–Kier alpha value is -1.66. The summed E-state index contributed by atoms with van der Waals surface area (Å²) in [5, 5.41) is 20.3. The van der Waals surface area contributed by atoms with Crippen LogP contribution in [0.15, 0.2) is 12.7 Å². The lowest BCUT2D eigenvalue weighted by Crippen LogP contribution is -2.38. The highest BCUT2D eigenvalue weighted by Gasteiger charge is 2.48. The van der Waals surface area contributed by atoms with Gasteiger partial charge in [-0.05, 0) is 6.92 Å². The van der Waals surface area contributed by atoms with E-state index in [1.54, 1.807) is 0 Å². The van der Waals surface area contributed by atoms with Gasteiger partial charge in [0.25, 0.3) is 0 Å². The molecule has 0 radical (unpaired) electrons. The van der Waals surface area contributed by atoms with Crippen molar-refractivity contribution in [3.8, 4) is 0 Å². The summed E-state index contributed by atoms with van der Waals surface area (Å²) in [6.07, 6.45) is -3.74. The highest BCUT2D eigenvalue weighted by Crippen LogP contribution is 2.41. The Kier molecular flexibility index (Phi) is 4.30. The van der Waals surface area contributed by atoms with Crippen LogP contribution in [0, 0.1) is 0 Å². The van der Waals surface area contributed by atoms with Crippen molar-refractivity contribution in [3.05, 3.63) is 12.7 Å².